The van der Waals surface area contributed by atoms with Crippen LogP contribution in [0.3, 0.4) is 0 Å². The summed E-state index contributed by atoms with van der Waals surface area (Å²) in [7, 11) is 0. The summed E-state index contributed by atoms with van der Waals surface area (Å²) < 4.78 is 0. The minimum atomic E-state index is 0.279. The SMILES string of the molecule is CC1CC=CC(c2ccccc2)=C1N=C=O. The van der Waals surface area contributed by atoms with E-state index in [9.17, 15) is 4.79 Å². The average Bonchev–Trinajstić information content (AvgIpc) is 2.33. The molecular formula is C14H13NO. The molecule has 1 atom stereocenters. The number of allylic oxidation sites excluding steroid dienone is 4. The lowest BCUT2D eigenvalue weighted by atomic mass is 9.90. The van der Waals surface area contributed by atoms with Crippen LogP contribution in [-0.2, 0) is 4.79 Å². The van der Waals surface area contributed by atoms with Crippen LogP contribution in [0.5, 0.6) is 0 Å². The zero-order valence-corrected chi connectivity index (χ0v) is 9.18. The third-order valence-corrected chi connectivity index (χ3v) is 2.77. The van der Waals surface area contributed by atoms with Crippen LogP contribution in [0.2, 0.25) is 0 Å². The summed E-state index contributed by atoms with van der Waals surface area (Å²) in [6.07, 6.45) is 6.73. The van der Waals surface area contributed by atoms with Gasteiger partial charge in [0, 0.05) is 11.5 Å². The van der Waals surface area contributed by atoms with Crippen LogP contribution in [0, 0.1) is 5.92 Å². The van der Waals surface area contributed by atoms with Gasteiger partial charge in [-0.3, -0.25) is 0 Å². The molecule has 1 aliphatic rings. The van der Waals surface area contributed by atoms with E-state index < -0.39 is 0 Å². The van der Waals surface area contributed by atoms with Crippen molar-refractivity contribution < 1.29 is 4.79 Å². The fourth-order valence-corrected chi connectivity index (χ4v) is 1.93. The molecule has 1 aromatic carbocycles. The Morgan fingerprint density at radius 2 is 2.06 bits per heavy atom. The Hall–Kier alpha value is -1.92. The molecule has 0 heterocycles. The maximum Gasteiger partial charge on any atom is 0.240 e. The maximum atomic E-state index is 10.4. The smallest absolute Gasteiger partial charge is 0.211 e. The minimum Gasteiger partial charge on any atom is -0.211 e. The highest BCUT2D eigenvalue weighted by Crippen LogP contribution is 2.31. The van der Waals surface area contributed by atoms with Crippen molar-refractivity contribution in [2.24, 2.45) is 10.9 Å². The number of hydrogen-bond acceptors (Lipinski definition) is 2. The Labute approximate surface area is 95.0 Å². The van der Waals surface area contributed by atoms with Crippen molar-refractivity contribution in [3.8, 4) is 0 Å². The fourth-order valence-electron chi connectivity index (χ4n) is 1.93. The highest BCUT2D eigenvalue weighted by Gasteiger charge is 2.16. The van der Waals surface area contributed by atoms with Crippen LogP contribution in [0.1, 0.15) is 18.9 Å². The van der Waals surface area contributed by atoms with Gasteiger partial charge in [-0.05, 0) is 12.0 Å². The standard InChI is InChI=1S/C14H13NO/c1-11-6-5-9-13(14(11)15-10-16)12-7-3-2-4-8-12/h2-5,7-9,11H,6H2,1H3. The van der Waals surface area contributed by atoms with Gasteiger partial charge in [0.1, 0.15) is 0 Å². The average molecular weight is 211 g/mol. The highest BCUT2D eigenvalue weighted by molar-refractivity contribution is 5.78. The van der Waals surface area contributed by atoms with E-state index in [0.717, 1.165) is 23.3 Å². The van der Waals surface area contributed by atoms with Gasteiger partial charge in [0.05, 0.1) is 5.70 Å². The number of hydrogen-bond donors (Lipinski definition) is 0. The lowest BCUT2D eigenvalue weighted by Crippen LogP contribution is -2.03. The van der Waals surface area contributed by atoms with Crippen molar-refractivity contribution in [1.29, 1.82) is 0 Å². The van der Waals surface area contributed by atoms with Crippen LogP contribution in [-0.4, -0.2) is 6.08 Å². The van der Waals surface area contributed by atoms with Crippen LogP contribution >= 0.6 is 0 Å². The van der Waals surface area contributed by atoms with E-state index in [1.807, 2.05) is 36.4 Å². The molecule has 0 radical (unpaired) electrons. The van der Waals surface area contributed by atoms with E-state index in [1.54, 1.807) is 6.08 Å². The zero-order chi connectivity index (χ0) is 11.4. The van der Waals surface area contributed by atoms with Crippen LogP contribution in [0.25, 0.3) is 5.57 Å². The lowest BCUT2D eigenvalue weighted by molar-refractivity contribution is 0.562. The molecule has 1 aromatic rings. The molecule has 0 aromatic heterocycles. The van der Waals surface area contributed by atoms with Gasteiger partial charge in [0.15, 0.2) is 0 Å². The van der Waals surface area contributed by atoms with E-state index in [-0.39, 0.29) is 5.92 Å². The van der Waals surface area contributed by atoms with Gasteiger partial charge in [-0.25, -0.2) is 4.79 Å². The summed E-state index contributed by atoms with van der Waals surface area (Å²) in [5.74, 6) is 0.279. The Balaban J connectivity index is 2.54. The molecule has 16 heavy (non-hydrogen) atoms. The fraction of sp³-hybridized carbons (Fsp3) is 0.214. The Kier molecular flexibility index (Phi) is 3.13. The number of benzene rings is 1. The summed E-state index contributed by atoms with van der Waals surface area (Å²) in [6.45, 7) is 2.07. The second kappa shape index (κ2) is 4.73. The molecule has 1 unspecified atom stereocenters. The molecular weight excluding hydrogens is 198 g/mol. The minimum absolute atomic E-state index is 0.279. The van der Waals surface area contributed by atoms with E-state index in [1.165, 1.54) is 0 Å². The lowest BCUT2D eigenvalue weighted by Gasteiger charge is -2.17. The van der Waals surface area contributed by atoms with E-state index in [0.29, 0.717) is 0 Å². The largest absolute Gasteiger partial charge is 0.240 e. The summed E-state index contributed by atoms with van der Waals surface area (Å²) >= 11 is 0. The van der Waals surface area contributed by atoms with Gasteiger partial charge < -0.3 is 0 Å². The second-order valence-electron chi connectivity index (χ2n) is 3.91. The molecule has 0 N–H and O–H groups in total. The van der Waals surface area contributed by atoms with Crippen molar-refractivity contribution in [1.82, 2.24) is 0 Å². The number of nitrogens with zero attached hydrogens (tertiary/aromatic N) is 1. The molecule has 0 fully saturated rings. The summed E-state index contributed by atoms with van der Waals surface area (Å²) in [4.78, 5) is 14.3. The Bertz CT molecular complexity index is 479. The first kappa shape index (κ1) is 10.6. The van der Waals surface area contributed by atoms with Crippen LogP contribution < -0.4 is 0 Å². The number of carbonyl (C=O) groups excluding carboxylic acids is 1. The third-order valence-electron chi connectivity index (χ3n) is 2.77. The van der Waals surface area contributed by atoms with Crippen molar-refractivity contribution in [2.75, 3.05) is 0 Å². The molecule has 0 spiro atoms. The van der Waals surface area contributed by atoms with Crippen LogP contribution in [0.15, 0.2) is 53.2 Å². The highest BCUT2D eigenvalue weighted by atomic mass is 16.1. The molecule has 0 amide bonds. The monoisotopic (exact) mass is 211 g/mol. The first-order chi connectivity index (χ1) is 7.83. The molecule has 0 aliphatic heterocycles. The van der Waals surface area contributed by atoms with Crippen LogP contribution in [0.4, 0.5) is 0 Å². The summed E-state index contributed by atoms with van der Waals surface area (Å²) in [6, 6.07) is 9.99. The molecule has 2 rings (SSSR count). The maximum absolute atomic E-state index is 10.4. The molecule has 1 aliphatic carbocycles. The molecule has 0 saturated heterocycles. The zero-order valence-electron chi connectivity index (χ0n) is 9.18. The first-order valence-corrected chi connectivity index (χ1v) is 5.37. The van der Waals surface area contributed by atoms with Crippen molar-refractivity contribution in [3.63, 3.8) is 0 Å². The van der Waals surface area contributed by atoms with E-state index in [2.05, 4.69) is 18.0 Å². The first-order valence-electron chi connectivity index (χ1n) is 5.37. The summed E-state index contributed by atoms with van der Waals surface area (Å²) in [5, 5.41) is 0. The Morgan fingerprint density at radius 1 is 1.31 bits per heavy atom. The Morgan fingerprint density at radius 3 is 2.75 bits per heavy atom. The van der Waals surface area contributed by atoms with Gasteiger partial charge in [0.2, 0.25) is 6.08 Å². The van der Waals surface area contributed by atoms with Crippen molar-refractivity contribution in [3.05, 3.63) is 53.7 Å². The van der Waals surface area contributed by atoms with E-state index >= 15 is 0 Å². The molecule has 2 nitrogen and oxygen atoms in total. The van der Waals surface area contributed by atoms with Gasteiger partial charge in [-0.1, -0.05) is 49.4 Å². The summed E-state index contributed by atoms with van der Waals surface area (Å²) in [5.41, 5.74) is 2.96. The van der Waals surface area contributed by atoms with Gasteiger partial charge in [-0.2, -0.15) is 4.99 Å². The molecule has 80 valence electrons. The van der Waals surface area contributed by atoms with Gasteiger partial charge in [-0.15, -0.1) is 0 Å². The van der Waals surface area contributed by atoms with Gasteiger partial charge in [0.25, 0.3) is 0 Å². The van der Waals surface area contributed by atoms with Gasteiger partial charge >= 0.3 is 0 Å². The topological polar surface area (TPSA) is 29.4 Å². The molecule has 0 bridgehead atoms. The third kappa shape index (κ3) is 2.02. The second-order valence-corrected chi connectivity index (χ2v) is 3.91. The predicted molar refractivity (Wildman–Crippen MR) is 64.4 cm³/mol. The molecule has 2 heteroatoms. The quantitative estimate of drug-likeness (QED) is 0.545. The number of aliphatic imine (C=N–C) groups is 1. The van der Waals surface area contributed by atoms with Crippen molar-refractivity contribution in [2.45, 2.75) is 13.3 Å². The predicted octanol–water partition coefficient (Wildman–Crippen LogP) is 3.33. The number of isocyanates is 1. The van der Waals surface area contributed by atoms with E-state index in [4.69, 9.17) is 0 Å². The normalized spacial score (nSPS) is 19.4. The number of rotatable bonds is 2. The van der Waals surface area contributed by atoms with Crippen molar-refractivity contribution >= 4 is 11.7 Å². The molecule has 0 saturated carbocycles.